The average molecular weight is 448 g/mol. The highest BCUT2D eigenvalue weighted by atomic mass is 32.2. The van der Waals surface area contributed by atoms with Crippen molar-refractivity contribution in [2.75, 3.05) is 13.7 Å². The van der Waals surface area contributed by atoms with Crippen molar-refractivity contribution >= 4 is 21.8 Å². The number of nitrogens with zero attached hydrogens (tertiary/aromatic N) is 2. The normalized spacial score (nSPS) is 19.2. The molecule has 0 bridgehead atoms. The molecule has 3 rings (SSSR count). The number of amides is 2. The van der Waals surface area contributed by atoms with Crippen molar-refractivity contribution in [1.82, 2.24) is 14.7 Å². The van der Waals surface area contributed by atoms with E-state index in [-0.39, 0.29) is 18.0 Å². The van der Waals surface area contributed by atoms with Gasteiger partial charge in [-0.3, -0.25) is 14.8 Å². The molecule has 9 nitrogen and oxygen atoms in total. The van der Waals surface area contributed by atoms with Gasteiger partial charge in [0.15, 0.2) is 6.17 Å². The van der Waals surface area contributed by atoms with Crippen LogP contribution in [0.3, 0.4) is 0 Å². The molecule has 1 aliphatic rings. The maximum absolute atomic E-state index is 13.5. The van der Waals surface area contributed by atoms with Gasteiger partial charge in [0.2, 0.25) is 15.9 Å². The fourth-order valence-corrected chi connectivity index (χ4v) is 5.28. The van der Waals surface area contributed by atoms with Crippen LogP contribution in [0.15, 0.2) is 59.5 Å². The lowest BCUT2D eigenvalue weighted by Gasteiger charge is -2.47. The fraction of sp³-hybridized carbons (Fsp3) is 0.333. The van der Waals surface area contributed by atoms with Crippen molar-refractivity contribution in [3.05, 3.63) is 60.2 Å². The summed E-state index contributed by atoms with van der Waals surface area (Å²) in [5.41, 5.74) is 1.13. The first-order chi connectivity index (χ1) is 14.6. The number of methoxy groups -OCH3 is 1. The molecule has 2 aromatic rings. The molecule has 10 heteroatoms. The molecule has 1 atom stereocenters. The molecule has 2 aromatic carbocycles. The summed E-state index contributed by atoms with van der Waals surface area (Å²) in [6.45, 7) is 3.01. The topological polar surface area (TPSA) is 116 Å². The van der Waals surface area contributed by atoms with Gasteiger partial charge in [0.05, 0.1) is 17.4 Å². The van der Waals surface area contributed by atoms with Gasteiger partial charge in [0, 0.05) is 13.1 Å². The summed E-state index contributed by atoms with van der Waals surface area (Å²) >= 11 is 0. The number of benzene rings is 2. The summed E-state index contributed by atoms with van der Waals surface area (Å²) < 4.78 is 33.0. The van der Waals surface area contributed by atoms with E-state index in [0.29, 0.717) is 11.3 Å². The molecule has 1 fully saturated rings. The highest BCUT2D eigenvalue weighted by molar-refractivity contribution is 7.89. The predicted molar refractivity (Wildman–Crippen MR) is 111 cm³/mol. The van der Waals surface area contributed by atoms with Crippen LogP contribution >= 0.6 is 0 Å². The van der Waals surface area contributed by atoms with Gasteiger partial charge in [-0.05, 0) is 43.7 Å². The first-order valence-corrected chi connectivity index (χ1v) is 11.0. The maximum Gasteiger partial charge on any atom is 0.282 e. The second-order valence-electron chi connectivity index (χ2n) is 7.88. The van der Waals surface area contributed by atoms with Gasteiger partial charge in [0.1, 0.15) is 5.75 Å². The largest absolute Gasteiger partial charge is 0.497 e. The number of carbonyl (C=O) groups excluding carboxylic acids is 2. The quantitative estimate of drug-likeness (QED) is 0.513. The summed E-state index contributed by atoms with van der Waals surface area (Å²) in [7, 11) is -2.74. The van der Waals surface area contributed by atoms with Crippen LogP contribution < -0.4 is 10.2 Å². The van der Waals surface area contributed by atoms with E-state index in [1.54, 1.807) is 38.1 Å². The monoisotopic (exact) mass is 447 g/mol. The van der Waals surface area contributed by atoms with Crippen LogP contribution in [0.1, 0.15) is 19.4 Å². The van der Waals surface area contributed by atoms with Crippen molar-refractivity contribution in [2.24, 2.45) is 5.41 Å². The van der Waals surface area contributed by atoms with Crippen molar-refractivity contribution in [2.45, 2.75) is 31.5 Å². The zero-order valence-corrected chi connectivity index (χ0v) is 18.3. The summed E-state index contributed by atoms with van der Waals surface area (Å²) in [6.07, 6.45) is -1.56. The first kappa shape index (κ1) is 22.7. The van der Waals surface area contributed by atoms with Crippen molar-refractivity contribution < 1.29 is 28.0 Å². The van der Waals surface area contributed by atoms with E-state index < -0.39 is 33.4 Å². The number of ether oxygens (including phenoxy) is 1. The van der Waals surface area contributed by atoms with Crippen LogP contribution in [-0.2, 0) is 26.2 Å². The molecule has 0 saturated carbocycles. The average Bonchev–Trinajstić information content (AvgIpc) is 2.77. The van der Waals surface area contributed by atoms with E-state index in [1.807, 2.05) is 6.07 Å². The summed E-state index contributed by atoms with van der Waals surface area (Å²) in [5.74, 6) is -0.938. The molecule has 1 unspecified atom stereocenters. The van der Waals surface area contributed by atoms with Gasteiger partial charge in [0.25, 0.3) is 5.91 Å². The Morgan fingerprint density at radius 2 is 1.77 bits per heavy atom. The molecule has 166 valence electrons. The Bertz CT molecular complexity index is 1050. The lowest BCUT2D eigenvalue weighted by atomic mass is 9.88. The Balaban J connectivity index is 2.09. The van der Waals surface area contributed by atoms with Crippen LogP contribution in [0.4, 0.5) is 0 Å². The number of carbonyl (C=O) groups is 2. The summed E-state index contributed by atoms with van der Waals surface area (Å²) in [5, 5.41) is 9.33. The van der Waals surface area contributed by atoms with E-state index >= 15 is 0 Å². The predicted octanol–water partition coefficient (Wildman–Crippen LogP) is 1.59. The third kappa shape index (κ3) is 4.41. The van der Waals surface area contributed by atoms with Gasteiger partial charge in [-0.15, -0.1) is 0 Å². The lowest BCUT2D eigenvalue weighted by Crippen LogP contribution is -2.68. The number of rotatable bonds is 6. The highest BCUT2D eigenvalue weighted by Crippen LogP contribution is 2.35. The molecule has 0 aliphatic carbocycles. The van der Waals surface area contributed by atoms with Crippen LogP contribution in [-0.4, -0.2) is 54.5 Å². The van der Waals surface area contributed by atoms with Crippen LogP contribution in [0.25, 0.3) is 0 Å². The number of hydroxylamine groups is 1. The highest BCUT2D eigenvalue weighted by Gasteiger charge is 2.52. The van der Waals surface area contributed by atoms with Gasteiger partial charge >= 0.3 is 0 Å². The minimum Gasteiger partial charge on any atom is -0.497 e. The fourth-order valence-electron chi connectivity index (χ4n) is 3.57. The van der Waals surface area contributed by atoms with E-state index in [4.69, 9.17) is 4.74 Å². The first-order valence-electron chi connectivity index (χ1n) is 9.56. The van der Waals surface area contributed by atoms with Gasteiger partial charge in [-0.1, -0.05) is 30.3 Å². The second kappa shape index (κ2) is 8.66. The zero-order chi connectivity index (χ0) is 22.8. The van der Waals surface area contributed by atoms with Crippen LogP contribution in [0, 0.1) is 5.41 Å². The van der Waals surface area contributed by atoms with Gasteiger partial charge in [-0.25, -0.2) is 13.9 Å². The molecule has 31 heavy (non-hydrogen) atoms. The molecule has 0 spiro atoms. The molecule has 2 N–H and O–H groups in total. The van der Waals surface area contributed by atoms with E-state index in [1.165, 1.54) is 41.8 Å². The Morgan fingerprint density at radius 3 is 2.32 bits per heavy atom. The third-order valence-corrected chi connectivity index (χ3v) is 6.98. The lowest BCUT2D eigenvalue weighted by molar-refractivity contribution is -0.164. The van der Waals surface area contributed by atoms with Gasteiger partial charge < -0.3 is 9.64 Å². The minimum absolute atomic E-state index is 0.00414. The van der Waals surface area contributed by atoms with Crippen LogP contribution in [0.5, 0.6) is 5.75 Å². The van der Waals surface area contributed by atoms with Crippen molar-refractivity contribution in [3.8, 4) is 5.75 Å². The van der Waals surface area contributed by atoms with E-state index in [0.717, 1.165) is 4.31 Å². The molecule has 2 amide bonds. The molecule has 1 heterocycles. The van der Waals surface area contributed by atoms with Crippen LogP contribution in [0.2, 0.25) is 0 Å². The summed E-state index contributed by atoms with van der Waals surface area (Å²) in [6, 6.07) is 14.6. The number of sulfonamides is 1. The number of hydrogen-bond donors (Lipinski definition) is 2. The molecular formula is C21H25N3O6S. The molecule has 0 aromatic heterocycles. The maximum atomic E-state index is 13.5. The van der Waals surface area contributed by atoms with Gasteiger partial charge in [-0.2, -0.15) is 4.31 Å². The Labute approximate surface area is 181 Å². The molecular weight excluding hydrogens is 422 g/mol. The van der Waals surface area contributed by atoms with Crippen molar-refractivity contribution in [3.63, 3.8) is 0 Å². The molecule has 1 saturated heterocycles. The van der Waals surface area contributed by atoms with Crippen molar-refractivity contribution in [1.29, 1.82) is 0 Å². The second-order valence-corrected chi connectivity index (χ2v) is 9.77. The van der Waals surface area contributed by atoms with E-state index in [2.05, 4.69) is 0 Å². The van der Waals surface area contributed by atoms with E-state index in [9.17, 15) is 23.2 Å². The molecule has 1 aliphatic heterocycles. The minimum atomic E-state index is -4.20. The third-order valence-electron chi connectivity index (χ3n) is 5.17. The number of hydrogen-bond acceptors (Lipinski definition) is 6. The molecule has 0 radical (unpaired) electrons. The smallest absolute Gasteiger partial charge is 0.282 e. The number of nitrogens with one attached hydrogen (secondary N) is 1. The standard InChI is InChI=1S/C21H25N3O6S/c1-21(2)14-24(31(28,29)17-11-9-16(30-3)10-12-17)19(18(25)22-27)23(20(21)26)13-15-7-5-4-6-8-15/h4-12,19,27H,13-14H2,1-3H3,(H,22,25). The Kier molecular flexibility index (Phi) is 6.35. The Hall–Kier alpha value is -2.95. The zero-order valence-electron chi connectivity index (χ0n) is 17.5. The SMILES string of the molecule is COc1ccc(S(=O)(=O)N2CC(C)(C)C(=O)N(Cc3ccccc3)C2C(=O)NO)cc1. The summed E-state index contributed by atoms with van der Waals surface area (Å²) in [4.78, 5) is 26.9. The Morgan fingerprint density at radius 1 is 1.16 bits per heavy atom.